The molecule has 0 saturated carbocycles. The fourth-order valence-corrected chi connectivity index (χ4v) is 3.15. The number of carboxylic acid groups (broad SMARTS) is 1. The topological polar surface area (TPSA) is 67.2 Å². The van der Waals surface area contributed by atoms with Crippen LogP contribution in [0.3, 0.4) is 0 Å². The number of carbonyl (C=O) groups is 1. The molecule has 0 aliphatic heterocycles. The van der Waals surface area contributed by atoms with Gasteiger partial charge in [0.1, 0.15) is 6.04 Å². The highest BCUT2D eigenvalue weighted by Crippen LogP contribution is 2.26. The molecular weight excluding hydrogens is 338 g/mol. The maximum atomic E-state index is 11.5. The molecule has 2 aromatic carbocycles. The summed E-state index contributed by atoms with van der Waals surface area (Å²) in [5, 5.41) is 17.4. The summed E-state index contributed by atoms with van der Waals surface area (Å²) in [7, 11) is 0. The number of aryl methyl sites for hydroxylation is 1. The summed E-state index contributed by atoms with van der Waals surface area (Å²) in [6, 6.07) is 17.5. The smallest absolute Gasteiger partial charge is 0.320 e. The second kappa shape index (κ2) is 8.64. The molecule has 0 saturated heterocycles. The van der Waals surface area contributed by atoms with Crippen molar-refractivity contribution in [3.8, 4) is 16.9 Å². The first-order chi connectivity index (χ1) is 13.1. The molecule has 5 heteroatoms. The van der Waals surface area contributed by atoms with Gasteiger partial charge in [0.25, 0.3) is 0 Å². The van der Waals surface area contributed by atoms with E-state index in [-0.39, 0.29) is 0 Å². The van der Waals surface area contributed by atoms with E-state index in [2.05, 4.69) is 24.4 Å². The summed E-state index contributed by atoms with van der Waals surface area (Å²) in [5.74, 6) is -0.815. The van der Waals surface area contributed by atoms with Gasteiger partial charge in [0.05, 0.1) is 11.4 Å². The van der Waals surface area contributed by atoms with Gasteiger partial charge in [-0.3, -0.25) is 4.79 Å². The van der Waals surface area contributed by atoms with Crippen molar-refractivity contribution in [1.29, 1.82) is 0 Å². The molecule has 5 nitrogen and oxygen atoms in total. The summed E-state index contributed by atoms with van der Waals surface area (Å²) in [5.41, 5.74) is 5.04. The van der Waals surface area contributed by atoms with Crippen LogP contribution >= 0.6 is 0 Å². The average Bonchev–Trinajstić information content (AvgIpc) is 3.10. The highest BCUT2D eigenvalue weighted by Gasteiger charge is 2.19. The summed E-state index contributed by atoms with van der Waals surface area (Å²) in [6.45, 7) is 4.50. The van der Waals surface area contributed by atoms with E-state index in [1.165, 1.54) is 0 Å². The molecular formula is C22H25N3O2. The summed E-state index contributed by atoms with van der Waals surface area (Å²) < 4.78 is 1.86. The molecule has 0 amide bonds. The van der Waals surface area contributed by atoms with Gasteiger partial charge in [-0.2, -0.15) is 5.10 Å². The number of hydrogen-bond acceptors (Lipinski definition) is 3. The predicted octanol–water partition coefficient (Wildman–Crippen LogP) is 4.19. The van der Waals surface area contributed by atoms with E-state index in [1.807, 2.05) is 60.3 Å². The highest BCUT2D eigenvalue weighted by molar-refractivity contribution is 5.73. The van der Waals surface area contributed by atoms with Crippen molar-refractivity contribution in [1.82, 2.24) is 15.1 Å². The second-order valence-electron chi connectivity index (χ2n) is 6.66. The Morgan fingerprint density at radius 2 is 1.85 bits per heavy atom. The van der Waals surface area contributed by atoms with Crippen LogP contribution in [0.1, 0.15) is 30.9 Å². The zero-order valence-electron chi connectivity index (χ0n) is 15.7. The monoisotopic (exact) mass is 363 g/mol. The van der Waals surface area contributed by atoms with Crippen LogP contribution in [0.15, 0.2) is 60.8 Å². The number of rotatable bonds is 8. The largest absolute Gasteiger partial charge is 0.480 e. The molecule has 0 radical (unpaired) electrons. The Morgan fingerprint density at radius 1 is 1.15 bits per heavy atom. The lowest BCUT2D eigenvalue weighted by atomic mass is 10.0. The van der Waals surface area contributed by atoms with E-state index in [0.717, 1.165) is 34.5 Å². The molecule has 0 fully saturated rings. The average molecular weight is 363 g/mol. The van der Waals surface area contributed by atoms with Crippen molar-refractivity contribution < 1.29 is 9.90 Å². The van der Waals surface area contributed by atoms with Crippen LogP contribution in [0.25, 0.3) is 16.9 Å². The molecule has 3 rings (SSSR count). The molecule has 0 bridgehead atoms. The number of carboxylic acids is 1. The van der Waals surface area contributed by atoms with E-state index in [0.29, 0.717) is 13.0 Å². The number of aliphatic carboxylic acids is 1. The number of para-hydroxylation sites is 1. The van der Waals surface area contributed by atoms with Crippen molar-refractivity contribution in [3.63, 3.8) is 0 Å². The number of nitrogens with one attached hydrogen (secondary N) is 1. The third-order valence-electron chi connectivity index (χ3n) is 4.63. The number of benzene rings is 2. The molecule has 1 unspecified atom stereocenters. The Kier molecular flexibility index (Phi) is 6.04. The van der Waals surface area contributed by atoms with Gasteiger partial charge < -0.3 is 10.4 Å². The maximum Gasteiger partial charge on any atom is 0.320 e. The summed E-state index contributed by atoms with van der Waals surface area (Å²) >= 11 is 0. The van der Waals surface area contributed by atoms with Gasteiger partial charge in [0.2, 0.25) is 0 Å². The van der Waals surface area contributed by atoms with E-state index >= 15 is 0 Å². The zero-order valence-corrected chi connectivity index (χ0v) is 15.7. The van der Waals surface area contributed by atoms with Crippen LogP contribution in [0, 0.1) is 6.92 Å². The van der Waals surface area contributed by atoms with Gasteiger partial charge in [-0.1, -0.05) is 55.8 Å². The molecule has 0 aliphatic carbocycles. The van der Waals surface area contributed by atoms with E-state index in [9.17, 15) is 9.90 Å². The van der Waals surface area contributed by atoms with Crippen molar-refractivity contribution in [2.75, 3.05) is 0 Å². The molecule has 1 heterocycles. The lowest BCUT2D eigenvalue weighted by Gasteiger charge is -2.13. The molecule has 1 atom stereocenters. The third-order valence-corrected chi connectivity index (χ3v) is 4.63. The Morgan fingerprint density at radius 3 is 2.52 bits per heavy atom. The van der Waals surface area contributed by atoms with Gasteiger partial charge >= 0.3 is 5.97 Å². The van der Waals surface area contributed by atoms with E-state index < -0.39 is 12.0 Å². The van der Waals surface area contributed by atoms with Crippen LogP contribution in [0.5, 0.6) is 0 Å². The third kappa shape index (κ3) is 4.44. The quantitative estimate of drug-likeness (QED) is 0.630. The van der Waals surface area contributed by atoms with Gasteiger partial charge in [0, 0.05) is 23.9 Å². The molecule has 27 heavy (non-hydrogen) atoms. The number of hydrogen-bond donors (Lipinski definition) is 2. The standard InChI is InChI=1S/C22H25N3O2/c1-3-9-20(22(26)27)23-14-17-15-25(18-11-5-4-6-12-18)24-21(17)19-13-8-7-10-16(19)2/h4-8,10-13,15,20,23H,3,9,14H2,1-2H3,(H,26,27). The molecule has 140 valence electrons. The van der Waals surface area contributed by atoms with Crippen molar-refractivity contribution >= 4 is 5.97 Å². The van der Waals surface area contributed by atoms with Crippen LogP contribution in [0.2, 0.25) is 0 Å². The van der Waals surface area contributed by atoms with Crippen LogP contribution in [-0.2, 0) is 11.3 Å². The SMILES string of the molecule is CCCC(NCc1cn(-c2ccccc2)nc1-c1ccccc1C)C(=O)O. The predicted molar refractivity (Wildman–Crippen MR) is 107 cm³/mol. The minimum atomic E-state index is -0.815. The lowest BCUT2D eigenvalue weighted by Crippen LogP contribution is -2.36. The van der Waals surface area contributed by atoms with Gasteiger partial charge in [0.15, 0.2) is 0 Å². The van der Waals surface area contributed by atoms with Crippen LogP contribution < -0.4 is 5.32 Å². The first-order valence-corrected chi connectivity index (χ1v) is 9.26. The minimum Gasteiger partial charge on any atom is -0.480 e. The normalized spacial score (nSPS) is 12.1. The second-order valence-corrected chi connectivity index (χ2v) is 6.66. The zero-order chi connectivity index (χ0) is 19.2. The summed E-state index contributed by atoms with van der Waals surface area (Å²) in [4.78, 5) is 11.5. The van der Waals surface area contributed by atoms with Gasteiger partial charge in [-0.05, 0) is 31.0 Å². The first-order valence-electron chi connectivity index (χ1n) is 9.26. The maximum absolute atomic E-state index is 11.5. The summed E-state index contributed by atoms with van der Waals surface area (Å²) in [6.07, 6.45) is 3.40. The number of nitrogens with zero attached hydrogens (tertiary/aromatic N) is 2. The highest BCUT2D eigenvalue weighted by atomic mass is 16.4. The Hall–Kier alpha value is -2.92. The molecule has 0 spiro atoms. The lowest BCUT2D eigenvalue weighted by molar-refractivity contribution is -0.139. The molecule has 3 aromatic rings. The molecule has 0 aliphatic rings. The molecule has 1 aromatic heterocycles. The van der Waals surface area contributed by atoms with E-state index in [1.54, 1.807) is 0 Å². The Balaban J connectivity index is 1.97. The van der Waals surface area contributed by atoms with Crippen LogP contribution in [-0.4, -0.2) is 26.9 Å². The Bertz CT molecular complexity index is 903. The molecule has 2 N–H and O–H groups in total. The fourth-order valence-electron chi connectivity index (χ4n) is 3.15. The van der Waals surface area contributed by atoms with Crippen molar-refractivity contribution in [3.05, 3.63) is 71.9 Å². The van der Waals surface area contributed by atoms with Gasteiger partial charge in [-0.15, -0.1) is 0 Å². The van der Waals surface area contributed by atoms with Gasteiger partial charge in [-0.25, -0.2) is 4.68 Å². The van der Waals surface area contributed by atoms with Crippen LogP contribution in [0.4, 0.5) is 0 Å². The first kappa shape index (κ1) is 18.9. The Labute approximate surface area is 159 Å². The van der Waals surface area contributed by atoms with Crippen molar-refractivity contribution in [2.45, 2.75) is 39.3 Å². The fraction of sp³-hybridized carbons (Fsp3) is 0.273. The minimum absolute atomic E-state index is 0.452. The number of aromatic nitrogens is 2. The van der Waals surface area contributed by atoms with E-state index in [4.69, 9.17) is 5.10 Å². The van der Waals surface area contributed by atoms with Crippen molar-refractivity contribution in [2.24, 2.45) is 0 Å².